The van der Waals surface area contributed by atoms with Crippen LogP contribution in [0, 0.1) is 34.5 Å². The molecule has 1 aliphatic heterocycles. The van der Waals surface area contributed by atoms with E-state index in [0.29, 0.717) is 17.0 Å². The summed E-state index contributed by atoms with van der Waals surface area (Å²) in [4.78, 5) is 24.0. The molecule has 0 bridgehead atoms. The molecule has 1 saturated heterocycles. The van der Waals surface area contributed by atoms with E-state index in [4.69, 9.17) is 11.6 Å². The van der Waals surface area contributed by atoms with Gasteiger partial charge in [-0.25, -0.2) is 0 Å². The second kappa shape index (κ2) is 5.55. The molecule has 1 heterocycles. The SMILES string of the molecule is CCC1(c2ccc(Cl)cc2)C(C#N)C(=O)NC(=O)C1C#N. The van der Waals surface area contributed by atoms with Crippen molar-refractivity contribution in [1.82, 2.24) is 5.32 Å². The van der Waals surface area contributed by atoms with E-state index in [1.54, 1.807) is 31.2 Å². The predicted molar refractivity (Wildman–Crippen MR) is 74.8 cm³/mol. The lowest BCUT2D eigenvalue weighted by molar-refractivity contribution is -0.141. The number of nitrogens with zero attached hydrogens (tertiary/aromatic N) is 2. The summed E-state index contributed by atoms with van der Waals surface area (Å²) in [5.74, 6) is -3.53. The van der Waals surface area contributed by atoms with E-state index >= 15 is 0 Å². The maximum Gasteiger partial charge on any atom is 0.244 e. The standard InChI is InChI=1S/C15H12ClN3O2/c1-2-15(9-3-5-10(16)6-4-9)11(7-17)13(20)19-14(21)12(15)8-18/h3-6,11-12H,2H2,1H3,(H,19,20,21). The molecule has 1 N–H and O–H groups in total. The molecule has 0 saturated carbocycles. The van der Waals surface area contributed by atoms with Crippen molar-refractivity contribution in [3.8, 4) is 12.1 Å². The van der Waals surface area contributed by atoms with Gasteiger partial charge in [0.2, 0.25) is 11.8 Å². The zero-order chi connectivity index (χ0) is 15.6. The molecule has 0 aliphatic carbocycles. The Morgan fingerprint density at radius 3 is 2.00 bits per heavy atom. The van der Waals surface area contributed by atoms with Crippen molar-refractivity contribution in [3.05, 3.63) is 34.9 Å². The fourth-order valence-corrected chi connectivity index (χ4v) is 3.08. The number of carbonyl (C=O) groups excluding carboxylic acids is 2. The maximum atomic E-state index is 12.0. The van der Waals surface area contributed by atoms with Crippen LogP contribution in [0.4, 0.5) is 0 Å². The van der Waals surface area contributed by atoms with Gasteiger partial charge in [-0.15, -0.1) is 0 Å². The quantitative estimate of drug-likeness (QED) is 0.844. The number of hydrogen-bond acceptors (Lipinski definition) is 4. The first-order chi connectivity index (χ1) is 10.0. The average molecular weight is 302 g/mol. The molecule has 5 nitrogen and oxygen atoms in total. The summed E-state index contributed by atoms with van der Waals surface area (Å²) in [6.07, 6.45) is 0.310. The number of amides is 2. The van der Waals surface area contributed by atoms with E-state index < -0.39 is 29.1 Å². The van der Waals surface area contributed by atoms with E-state index in [1.807, 2.05) is 12.1 Å². The summed E-state index contributed by atoms with van der Waals surface area (Å²) in [6, 6.07) is 10.4. The molecule has 21 heavy (non-hydrogen) atoms. The van der Waals surface area contributed by atoms with E-state index in [2.05, 4.69) is 5.32 Å². The Balaban J connectivity index is 2.72. The van der Waals surface area contributed by atoms with E-state index in [1.165, 1.54) is 0 Å². The molecule has 1 aliphatic rings. The molecular weight excluding hydrogens is 290 g/mol. The van der Waals surface area contributed by atoms with E-state index in [9.17, 15) is 20.1 Å². The Hall–Kier alpha value is -2.37. The van der Waals surface area contributed by atoms with Crippen molar-refractivity contribution >= 4 is 23.4 Å². The predicted octanol–water partition coefficient (Wildman–Crippen LogP) is 1.92. The Bertz CT molecular complexity index is 638. The number of nitriles is 2. The first-order valence-corrected chi connectivity index (χ1v) is 6.79. The van der Waals surface area contributed by atoms with Gasteiger partial charge in [0.05, 0.1) is 12.1 Å². The highest BCUT2D eigenvalue weighted by atomic mass is 35.5. The summed E-state index contributed by atoms with van der Waals surface area (Å²) in [5, 5.41) is 21.4. The number of rotatable bonds is 2. The molecule has 0 radical (unpaired) electrons. The van der Waals surface area contributed by atoms with Crippen LogP contribution in [0.25, 0.3) is 0 Å². The van der Waals surface area contributed by atoms with Gasteiger partial charge in [0.25, 0.3) is 0 Å². The molecule has 0 spiro atoms. The normalized spacial score (nSPS) is 28.4. The fraction of sp³-hybridized carbons (Fsp3) is 0.333. The van der Waals surface area contributed by atoms with Crippen molar-refractivity contribution in [2.45, 2.75) is 18.8 Å². The molecule has 1 fully saturated rings. The Morgan fingerprint density at radius 1 is 1.14 bits per heavy atom. The molecule has 0 aromatic heterocycles. The smallest absolute Gasteiger partial charge is 0.244 e. The number of nitrogens with one attached hydrogen (secondary N) is 1. The van der Waals surface area contributed by atoms with Crippen LogP contribution in [-0.2, 0) is 15.0 Å². The van der Waals surface area contributed by atoms with Gasteiger partial charge in [-0.1, -0.05) is 30.7 Å². The molecular formula is C15H12ClN3O2. The Labute approximate surface area is 127 Å². The maximum absolute atomic E-state index is 12.0. The Morgan fingerprint density at radius 2 is 1.62 bits per heavy atom. The second-order valence-electron chi connectivity index (χ2n) is 4.88. The van der Waals surface area contributed by atoms with Gasteiger partial charge in [0, 0.05) is 10.4 Å². The molecule has 2 rings (SSSR count). The van der Waals surface area contributed by atoms with Crippen LogP contribution < -0.4 is 5.32 Å². The number of imide groups is 1. The van der Waals surface area contributed by atoms with Gasteiger partial charge in [0.1, 0.15) is 11.8 Å². The van der Waals surface area contributed by atoms with E-state index in [-0.39, 0.29) is 0 Å². The molecule has 2 amide bonds. The van der Waals surface area contributed by atoms with Crippen LogP contribution in [0.2, 0.25) is 5.02 Å². The van der Waals surface area contributed by atoms with Gasteiger partial charge in [-0.2, -0.15) is 10.5 Å². The zero-order valence-electron chi connectivity index (χ0n) is 11.3. The average Bonchev–Trinajstić information content (AvgIpc) is 2.47. The molecule has 6 heteroatoms. The number of benzene rings is 1. The third-order valence-corrected chi connectivity index (χ3v) is 4.28. The minimum Gasteiger partial charge on any atom is -0.294 e. The highest BCUT2D eigenvalue weighted by molar-refractivity contribution is 6.30. The summed E-state index contributed by atoms with van der Waals surface area (Å²) < 4.78 is 0. The minimum atomic E-state index is -1.16. The number of halogens is 1. The molecule has 2 atom stereocenters. The van der Waals surface area contributed by atoms with E-state index in [0.717, 1.165) is 0 Å². The third-order valence-electron chi connectivity index (χ3n) is 4.03. The van der Waals surface area contributed by atoms with Crippen LogP contribution in [-0.4, -0.2) is 11.8 Å². The van der Waals surface area contributed by atoms with Crippen LogP contribution >= 0.6 is 11.6 Å². The van der Waals surface area contributed by atoms with Crippen LogP contribution in [0.15, 0.2) is 24.3 Å². The lowest BCUT2D eigenvalue weighted by Crippen LogP contribution is -2.59. The first-order valence-electron chi connectivity index (χ1n) is 6.41. The highest BCUT2D eigenvalue weighted by Gasteiger charge is 2.56. The summed E-state index contributed by atoms with van der Waals surface area (Å²) >= 11 is 5.86. The van der Waals surface area contributed by atoms with Crippen LogP contribution in [0.1, 0.15) is 18.9 Å². The largest absolute Gasteiger partial charge is 0.294 e. The van der Waals surface area contributed by atoms with Gasteiger partial charge in [-0.05, 0) is 24.1 Å². The van der Waals surface area contributed by atoms with Gasteiger partial charge < -0.3 is 0 Å². The molecule has 106 valence electrons. The van der Waals surface area contributed by atoms with Crippen molar-refractivity contribution < 1.29 is 9.59 Å². The molecule has 1 aromatic carbocycles. The summed E-state index contributed by atoms with van der Waals surface area (Å²) in [6.45, 7) is 1.76. The number of carbonyl (C=O) groups is 2. The second-order valence-corrected chi connectivity index (χ2v) is 5.31. The topological polar surface area (TPSA) is 93.8 Å². The van der Waals surface area contributed by atoms with Gasteiger partial charge in [0.15, 0.2) is 0 Å². The van der Waals surface area contributed by atoms with Crippen LogP contribution in [0.5, 0.6) is 0 Å². The van der Waals surface area contributed by atoms with Gasteiger partial charge >= 0.3 is 0 Å². The highest BCUT2D eigenvalue weighted by Crippen LogP contribution is 2.45. The minimum absolute atomic E-state index is 0.310. The lowest BCUT2D eigenvalue weighted by atomic mass is 9.59. The van der Waals surface area contributed by atoms with Crippen LogP contribution in [0.3, 0.4) is 0 Å². The van der Waals surface area contributed by atoms with Crippen molar-refractivity contribution in [2.75, 3.05) is 0 Å². The lowest BCUT2D eigenvalue weighted by Gasteiger charge is -2.42. The first kappa shape index (κ1) is 15.0. The summed E-state index contributed by atoms with van der Waals surface area (Å²) in [5.41, 5.74) is -0.566. The molecule has 2 unspecified atom stereocenters. The summed E-state index contributed by atoms with van der Waals surface area (Å²) in [7, 11) is 0. The van der Waals surface area contributed by atoms with Crippen molar-refractivity contribution in [2.24, 2.45) is 11.8 Å². The third kappa shape index (κ3) is 2.16. The van der Waals surface area contributed by atoms with Crippen molar-refractivity contribution in [3.63, 3.8) is 0 Å². The molecule has 1 aromatic rings. The monoisotopic (exact) mass is 301 g/mol. The Kier molecular flexibility index (Phi) is 3.97. The number of hydrogen-bond donors (Lipinski definition) is 1. The van der Waals surface area contributed by atoms with Gasteiger partial charge in [-0.3, -0.25) is 14.9 Å². The van der Waals surface area contributed by atoms with Crippen molar-refractivity contribution in [1.29, 1.82) is 10.5 Å². The zero-order valence-corrected chi connectivity index (χ0v) is 12.0. The number of piperidine rings is 1. The fourth-order valence-electron chi connectivity index (χ4n) is 2.95.